The Labute approximate surface area is 83.3 Å². The first-order valence-corrected chi connectivity index (χ1v) is 4.69. The predicted octanol–water partition coefficient (Wildman–Crippen LogP) is 1.75. The summed E-state index contributed by atoms with van der Waals surface area (Å²) >= 11 is 0. The van der Waals surface area contributed by atoms with Crippen LogP contribution in [0.1, 0.15) is 19.3 Å². The monoisotopic (exact) mass is 194 g/mol. The third-order valence-corrected chi connectivity index (χ3v) is 1.76. The molecule has 1 rings (SSSR count). The van der Waals surface area contributed by atoms with Crippen molar-refractivity contribution < 1.29 is 14.6 Å². The molecule has 0 aliphatic rings. The van der Waals surface area contributed by atoms with Crippen LogP contribution in [0.3, 0.4) is 0 Å². The second-order valence-corrected chi connectivity index (χ2v) is 2.97. The second kappa shape index (κ2) is 6.16. The number of ether oxygens (including phenoxy) is 1. The Balaban J connectivity index is 2.27. The van der Waals surface area contributed by atoms with E-state index in [9.17, 15) is 4.79 Å². The Morgan fingerprint density at radius 3 is 2.57 bits per heavy atom. The highest BCUT2D eigenvalue weighted by Crippen LogP contribution is 2.09. The Kier molecular flexibility index (Phi) is 4.72. The molecule has 0 fully saturated rings. The molecule has 3 heteroatoms. The van der Waals surface area contributed by atoms with Crippen molar-refractivity contribution in [2.75, 3.05) is 6.61 Å². The fourth-order valence-electron chi connectivity index (χ4n) is 1.05. The van der Waals surface area contributed by atoms with Crippen molar-refractivity contribution >= 4 is 5.97 Å². The average Bonchev–Trinajstić information content (AvgIpc) is 2.20. The summed E-state index contributed by atoms with van der Waals surface area (Å²) in [4.78, 5) is 11.2. The van der Waals surface area contributed by atoms with E-state index in [1.165, 1.54) is 0 Å². The Bertz CT molecular complexity index is 269. The highest BCUT2D eigenvalue weighted by atomic mass is 16.5. The number of benzene rings is 1. The number of hydrogen-bond donors (Lipinski definition) is 1. The summed E-state index contributed by atoms with van der Waals surface area (Å²) in [7, 11) is 0. The van der Waals surface area contributed by atoms with Crippen LogP contribution < -0.4 is 4.74 Å². The van der Waals surface area contributed by atoms with Crippen molar-refractivity contribution in [3.05, 3.63) is 30.3 Å². The van der Waals surface area contributed by atoms with Crippen molar-refractivity contribution in [1.29, 1.82) is 0 Å². The van der Waals surface area contributed by atoms with Crippen molar-refractivity contribution in [2.45, 2.75) is 19.3 Å². The molecule has 0 aliphatic carbocycles. The second-order valence-electron chi connectivity index (χ2n) is 2.97. The zero-order chi connectivity index (χ0) is 10.2. The van der Waals surface area contributed by atoms with E-state index in [4.69, 9.17) is 9.84 Å². The van der Waals surface area contributed by atoms with E-state index in [0.717, 1.165) is 0 Å². The number of para-hydroxylation sites is 1. The first-order valence-electron chi connectivity index (χ1n) is 4.69. The van der Waals surface area contributed by atoms with Crippen molar-refractivity contribution in [1.82, 2.24) is 0 Å². The number of carbonyl (C=O) groups is 1. The molecule has 0 atom stereocenters. The van der Waals surface area contributed by atoms with Gasteiger partial charge in [0.1, 0.15) is 5.75 Å². The maximum Gasteiger partial charge on any atom is 0.311 e. The fourth-order valence-corrected chi connectivity index (χ4v) is 1.05. The largest absolute Gasteiger partial charge is 0.427 e. The van der Waals surface area contributed by atoms with Crippen LogP contribution in [-0.2, 0) is 4.79 Å². The van der Waals surface area contributed by atoms with Crippen molar-refractivity contribution in [2.24, 2.45) is 0 Å². The molecule has 0 amide bonds. The Morgan fingerprint density at radius 1 is 1.21 bits per heavy atom. The minimum Gasteiger partial charge on any atom is -0.427 e. The van der Waals surface area contributed by atoms with Crippen molar-refractivity contribution in [3.8, 4) is 5.75 Å². The van der Waals surface area contributed by atoms with Gasteiger partial charge in [0, 0.05) is 13.0 Å². The van der Waals surface area contributed by atoms with E-state index in [1.54, 1.807) is 12.1 Å². The number of aliphatic hydroxyl groups excluding tert-OH is 1. The summed E-state index contributed by atoms with van der Waals surface area (Å²) in [6.07, 6.45) is 1.67. The maximum atomic E-state index is 11.2. The molecule has 0 aliphatic heterocycles. The number of unbranched alkanes of at least 4 members (excludes halogenated alkanes) is 1. The molecule has 0 spiro atoms. The first-order chi connectivity index (χ1) is 6.83. The highest BCUT2D eigenvalue weighted by Gasteiger charge is 2.03. The lowest BCUT2D eigenvalue weighted by Gasteiger charge is -2.02. The molecule has 14 heavy (non-hydrogen) atoms. The van der Waals surface area contributed by atoms with Crippen LogP contribution in [0.25, 0.3) is 0 Å². The molecule has 0 unspecified atom stereocenters. The lowest BCUT2D eigenvalue weighted by molar-refractivity contribution is -0.134. The van der Waals surface area contributed by atoms with Crippen LogP contribution in [0.2, 0.25) is 0 Å². The molecule has 0 radical (unpaired) electrons. The molecular formula is C11H14O3. The molecule has 76 valence electrons. The summed E-state index contributed by atoms with van der Waals surface area (Å²) in [5.74, 6) is 0.325. The smallest absolute Gasteiger partial charge is 0.311 e. The third-order valence-electron chi connectivity index (χ3n) is 1.76. The van der Waals surface area contributed by atoms with Gasteiger partial charge in [-0.05, 0) is 25.0 Å². The van der Waals surface area contributed by atoms with E-state index in [2.05, 4.69) is 0 Å². The van der Waals surface area contributed by atoms with Crippen LogP contribution in [0, 0.1) is 0 Å². The van der Waals surface area contributed by atoms with Crippen LogP contribution in [0.5, 0.6) is 5.75 Å². The molecule has 0 saturated heterocycles. The lowest BCUT2D eigenvalue weighted by Crippen LogP contribution is -2.07. The molecule has 0 bridgehead atoms. The van der Waals surface area contributed by atoms with Gasteiger partial charge in [-0.25, -0.2) is 0 Å². The van der Waals surface area contributed by atoms with E-state index in [-0.39, 0.29) is 12.6 Å². The van der Waals surface area contributed by atoms with E-state index in [1.807, 2.05) is 18.2 Å². The SMILES string of the molecule is O=C(CCCCO)Oc1ccccc1. The van der Waals surface area contributed by atoms with Gasteiger partial charge in [0.15, 0.2) is 0 Å². The molecule has 3 nitrogen and oxygen atoms in total. The molecule has 1 N–H and O–H groups in total. The summed E-state index contributed by atoms with van der Waals surface area (Å²) < 4.78 is 5.04. The van der Waals surface area contributed by atoms with E-state index < -0.39 is 0 Å². The van der Waals surface area contributed by atoms with Gasteiger partial charge >= 0.3 is 5.97 Å². The van der Waals surface area contributed by atoms with E-state index >= 15 is 0 Å². The minimum absolute atomic E-state index is 0.124. The zero-order valence-corrected chi connectivity index (χ0v) is 7.98. The molecule has 0 saturated carbocycles. The number of aliphatic hydroxyl groups is 1. The molecule has 1 aromatic rings. The Hall–Kier alpha value is -1.35. The minimum atomic E-state index is -0.246. The van der Waals surface area contributed by atoms with Crippen LogP contribution in [0.15, 0.2) is 30.3 Å². The number of carbonyl (C=O) groups excluding carboxylic acids is 1. The summed E-state index contributed by atoms with van der Waals surface area (Å²) in [6, 6.07) is 8.98. The number of esters is 1. The third kappa shape index (κ3) is 4.05. The molecule has 0 heterocycles. The maximum absolute atomic E-state index is 11.2. The van der Waals surface area contributed by atoms with Gasteiger partial charge < -0.3 is 9.84 Å². The average molecular weight is 194 g/mol. The van der Waals surface area contributed by atoms with Crippen LogP contribution in [0.4, 0.5) is 0 Å². The number of hydrogen-bond acceptors (Lipinski definition) is 3. The van der Waals surface area contributed by atoms with E-state index in [0.29, 0.717) is 25.0 Å². The predicted molar refractivity (Wildman–Crippen MR) is 53.0 cm³/mol. The topological polar surface area (TPSA) is 46.5 Å². The normalized spacial score (nSPS) is 9.79. The summed E-state index contributed by atoms with van der Waals surface area (Å²) in [5, 5.41) is 8.52. The van der Waals surface area contributed by atoms with Gasteiger partial charge in [0.2, 0.25) is 0 Å². The quantitative estimate of drug-likeness (QED) is 0.441. The molecule has 1 aromatic carbocycles. The Morgan fingerprint density at radius 2 is 1.93 bits per heavy atom. The van der Waals surface area contributed by atoms with Crippen molar-refractivity contribution in [3.63, 3.8) is 0 Å². The van der Waals surface area contributed by atoms with Gasteiger partial charge in [-0.3, -0.25) is 4.79 Å². The lowest BCUT2D eigenvalue weighted by atomic mass is 10.2. The fraction of sp³-hybridized carbons (Fsp3) is 0.364. The first kappa shape index (κ1) is 10.7. The molecular weight excluding hydrogens is 180 g/mol. The zero-order valence-electron chi connectivity index (χ0n) is 7.98. The van der Waals surface area contributed by atoms with Gasteiger partial charge in [0.25, 0.3) is 0 Å². The standard InChI is InChI=1S/C11H14O3/c12-9-5-4-8-11(13)14-10-6-2-1-3-7-10/h1-3,6-7,12H,4-5,8-9H2. The highest BCUT2D eigenvalue weighted by molar-refractivity contribution is 5.72. The van der Waals surface area contributed by atoms with Gasteiger partial charge in [-0.1, -0.05) is 18.2 Å². The number of rotatable bonds is 5. The van der Waals surface area contributed by atoms with Crippen LogP contribution in [-0.4, -0.2) is 17.7 Å². The van der Waals surface area contributed by atoms with Crippen LogP contribution >= 0.6 is 0 Å². The molecule has 0 aromatic heterocycles. The van der Waals surface area contributed by atoms with Gasteiger partial charge in [0.05, 0.1) is 0 Å². The van der Waals surface area contributed by atoms with Gasteiger partial charge in [-0.15, -0.1) is 0 Å². The summed E-state index contributed by atoms with van der Waals surface area (Å²) in [6.45, 7) is 0.124. The van der Waals surface area contributed by atoms with Gasteiger partial charge in [-0.2, -0.15) is 0 Å². The summed E-state index contributed by atoms with van der Waals surface area (Å²) in [5.41, 5.74) is 0.